The number of aryl methyl sites for hydroxylation is 2. The van der Waals surface area contributed by atoms with E-state index in [-0.39, 0.29) is 5.91 Å². The van der Waals surface area contributed by atoms with Crippen LogP contribution >= 0.6 is 11.3 Å². The van der Waals surface area contributed by atoms with E-state index in [0.717, 1.165) is 22.3 Å². The number of carboxylic acid groups (broad SMARTS) is 1. The van der Waals surface area contributed by atoms with Crippen LogP contribution in [0.2, 0.25) is 0 Å². The molecule has 1 saturated heterocycles. The number of nitrogens with zero attached hydrogens (tertiary/aromatic N) is 3. The van der Waals surface area contributed by atoms with Gasteiger partial charge in [-0.05, 0) is 25.8 Å². The largest absolute Gasteiger partial charge is 0.481 e. The number of rotatable bonds is 2. The van der Waals surface area contributed by atoms with Gasteiger partial charge in [0.2, 0.25) is 0 Å². The third kappa shape index (κ3) is 2.42. The smallest absolute Gasteiger partial charge is 0.308 e. The summed E-state index contributed by atoms with van der Waals surface area (Å²) in [7, 11) is 1.86. The summed E-state index contributed by atoms with van der Waals surface area (Å²) in [5, 5.41) is 14.4. The number of hydrogen-bond donors (Lipinski definition) is 1. The number of carbonyl (C=O) groups excluding carboxylic acids is 1. The van der Waals surface area contributed by atoms with Gasteiger partial charge >= 0.3 is 5.97 Å². The third-order valence-corrected chi connectivity index (χ3v) is 5.15. The fourth-order valence-electron chi connectivity index (χ4n) is 2.83. The summed E-state index contributed by atoms with van der Waals surface area (Å²) in [5.74, 6) is -1.33. The van der Waals surface area contributed by atoms with E-state index < -0.39 is 11.9 Å². The Kier molecular flexibility index (Phi) is 3.44. The molecule has 2 aromatic heterocycles. The van der Waals surface area contributed by atoms with E-state index in [1.807, 2.05) is 20.0 Å². The van der Waals surface area contributed by atoms with E-state index in [4.69, 9.17) is 5.11 Å². The molecular weight excluding hydrogens is 290 g/mol. The Bertz CT molecular complexity index is 684. The van der Waals surface area contributed by atoms with Crippen molar-refractivity contribution in [3.8, 4) is 0 Å². The van der Waals surface area contributed by atoms with Crippen molar-refractivity contribution in [3.05, 3.63) is 16.6 Å². The first-order chi connectivity index (χ1) is 9.97. The van der Waals surface area contributed by atoms with E-state index in [2.05, 4.69) is 5.10 Å². The summed E-state index contributed by atoms with van der Waals surface area (Å²) in [6, 6.07) is 1.87. The molecule has 0 bridgehead atoms. The quantitative estimate of drug-likeness (QED) is 0.919. The number of hydrogen-bond acceptors (Lipinski definition) is 4. The molecule has 1 fully saturated rings. The summed E-state index contributed by atoms with van der Waals surface area (Å²) in [6.45, 7) is 2.86. The molecule has 0 aliphatic carbocycles. The lowest BCUT2D eigenvalue weighted by Crippen LogP contribution is -2.42. The molecule has 3 heterocycles. The molecule has 0 radical (unpaired) electrons. The average Bonchev–Trinajstić information content (AvgIpc) is 3.01. The van der Waals surface area contributed by atoms with Crippen LogP contribution in [-0.4, -0.2) is 44.8 Å². The third-order valence-electron chi connectivity index (χ3n) is 3.96. The SMILES string of the molecule is Cc1nn(C)c2sc(C(=O)N3CCCC(C(=O)O)C3)cc12. The van der Waals surface area contributed by atoms with Crippen LogP contribution in [0.5, 0.6) is 0 Å². The first kappa shape index (κ1) is 14.1. The molecule has 1 unspecified atom stereocenters. The number of carbonyl (C=O) groups is 2. The van der Waals surface area contributed by atoms with Gasteiger partial charge in [-0.2, -0.15) is 5.10 Å². The van der Waals surface area contributed by atoms with Crippen molar-refractivity contribution < 1.29 is 14.7 Å². The first-order valence-corrected chi connectivity index (χ1v) is 7.74. The monoisotopic (exact) mass is 307 g/mol. The minimum absolute atomic E-state index is 0.0680. The standard InChI is InChI=1S/C14H17N3O3S/c1-8-10-6-11(21-13(10)16(2)15-8)12(18)17-5-3-4-9(7-17)14(19)20/h6,9H,3-5,7H2,1-2H3,(H,19,20). The minimum atomic E-state index is -0.816. The molecular formula is C14H17N3O3S. The number of piperidine rings is 1. The van der Waals surface area contributed by atoms with Crippen molar-refractivity contribution in [1.29, 1.82) is 0 Å². The fourth-order valence-corrected chi connectivity index (χ4v) is 3.92. The highest BCUT2D eigenvalue weighted by Gasteiger charge is 2.29. The summed E-state index contributed by atoms with van der Waals surface area (Å²) in [6.07, 6.45) is 1.39. The van der Waals surface area contributed by atoms with Crippen LogP contribution in [0.15, 0.2) is 6.07 Å². The van der Waals surface area contributed by atoms with Gasteiger partial charge in [0.25, 0.3) is 5.91 Å². The Morgan fingerprint density at radius 3 is 2.90 bits per heavy atom. The topological polar surface area (TPSA) is 75.4 Å². The second-order valence-corrected chi connectivity index (χ2v) is 6.50. The fraction of sp³-hybridized carbons (Fsp3) is 0.500. The molecule has 1 atom stereocenters. The van der Waals surface area contributed by atoms with E-state index in [1.54, 1.807) is 9.58 Å². The maximum absolute atomic E-state index is 12.6. The number of aliphatic carboxylic acids is 1. The molecule has 1 amide bonds. The van der Waals surface area contributed by atoms with Gasteiger partial charge in [0.05, 0.1) is 16.5 Å². The molecule has 2 aromatic rings. The Balaban J connectivity index is 1.86. The highest BCUT2D eigenvalue weighted by molar-refractivity contribution is 7.20. The van der Waals surface area contributed by atoms with Crippen LogP contribution < -0.4 is 0 Å². The Morgan fingerprint density at radius 1 is 1.48 bits per heavy atom. The van der Waals surface area contributed by atoms with Crippen LogP contribution in [0.25, 0.3) is 10.2 Å². The second kappa shape index (κ2) is 5.14. The molecule has 3 rings (SSSR count). The Hall–Kier alpha value is -1.89. The summed E-state index contributed by atoms with van der Waals surface area (Å²) >= 11 is 1.42. The van der Waals surface area contributed by atoms with Crippen LogP contribution in [0.4, 0.5) is 0 Å². The van der Waals surface area contributed by atoms with E-state index in [9.17, 15) is 9.59 Å². The lowest BCUT2D eigenvalue weighted by atomic mass is 9.98. The molecule has 0 spiro atoms. The zero-order chi connectivity index (χ0) is 15.1. The van der Waals surface area contributed by atoms with E-state index in [1.165, 1.54) is 11.3 Å². The van der Waals surface area contributed by atoms with Gasteiger partial charge in [-0.3, -0.25) is 14.3 Å². The molecule has 21 heavy (non-hydrogen) atoms. The minimum Gasteiger partial charge on any atom is -0.481 e. The number of fused-ring (bicyclic) bond motifs is 1. The van der Waals surface area contributed by atoms with Gasteiger partial charge in [-0.1, -0.05) is 0 Å². The van der Waals surface area contributed by atoms with Gasteiger partial charge in [0, 0.05) is 25.5 Å². The highest BCUT2D eigenvalue weighted by atomic mass is 32.1. The van der Waals surface area contributed by atoms with Crippen molar-refractivity contribution in [1.82, 2.24) is 14.7 Å². The molecule has 112 valence electrons. The van der Waals surface area contributed by atoms with Gasteiger partial charge in [-0.25, -0.2) is 0 Å². The molecule has 1 aliphatic heterocycles. The molecule has 1 aliphatic rings. The summed E-state index contributed by atoms with van der Waals surface area (Å²) in [5.41, 5.74) is 0.907. The summed E-state index contributed by atoms with van der Waals surface area (Å²) < 4.78 is 1.78. The molecule has 1 N–H and O–H groups in total. The average molecular weight is 307 g/mol. The van der Waals surface area contributed by atoms with Gasteiger partial charge in [0.15, 0.2) is 0 Å². The van der Waals surface area contributed by atoms with Gasteiger partial charge in [-0.15, -0.1) is 11.3 Å². The number of aromatic nitrogens is 2. The van der Waals surface area contributed by atoms with Crippen LogP contribution in [-0.2, 0) is 11.8 Å². The van der Waals surface area contributed by atoms with Crippen molar-refractivity contribution in [2.45, 2.75) is 19.8 Å². The van der Waals surface area contributed by atoms with Crippen LogP contribution in [0.3, 0.4) is 0 Å². The van der Waals surface area contributed by atoms with Gasteiger partial charge in [0.1, 0.15) is 4.83 Å². The normalized spacial score (nSPS) is 19.1. The lowest BCUT2D eigenvalue weighted by Gasteiger charge is -2.30. The molecule has 0 aromatic carbocycles. The zero-order valence-electron chi connectivity index (χ0n) is 12.0. The van der Waals surface area contributed by atoms with Crippen LogP contribution in [0, 0.1) is 12.8 Å². The van der Waals surface area contributed by atoms with Gasteiger partial charge < -0.3 is 10.0 Å². The predicted molar refractivity (Wildman–Crippen MR) is 79.6 cm³/mol. The van der Waals surface area contributed by atoms with Crippen molar-refractivity contribution in [3.63, 3.8) is 0 Å². The van der Waals surface area contributed by atoms with E-state index >= 15 is 0 Å². The predicted octanol–water partition coefficient (Wildman–Crippen LogP) is 1.88. The Morgan fingerprint density at radius 2 is 2.24 bits per heavy atom. The first-order valence-electron chi connectivity index (χ1n) is 6.92. The van der Waals surface area contributed by atoms with Crippen molar-refractivity contribution >= 4 is 33.4 Å². The maximum atomic E-state index is 12.6. The zero-order valence-corrected chi connectivity index (χ0v) is 12.8. The molecule has 0 saturated carbocycles. The van der Waals surface area contributed by atoms with E-state index in [0.29, 0.717) is 24.4 Å². The molecule has 6 nitrogen and oxygen atoms in total. The maximum Gasteiger partial charge on any atom is 0.308 e. The Labute approximate surface area is 126 Å². The van der Waals surface area contributed by atoms with Crippen molar-refractivity contribution in [2.24, 2.45) is 13.0 Å². The number of thiophene rings is 1. The van der Waals surface area contributed by atoms with Crippen LogP contribution in [0.1, 0.15) is 28.2 Å². The number of amides is 1. The second-order valence-electron chi connectivity index (χ2n) is 5.47. The number of carboxylic acids is 1. The highest BCUT2D eigenvalue weighted by Crippen LogP contribution is 2.29. The summed E-state index contributed by atoms with van der Waals surface area (Å²) in [4.78, 5) is 27.0. The number of likely N-dealkylation sites (tertiary alicyclic amines) is 1. The van der Waals surface area contributed by atoms with Crippen molar-refractivity contribution in [2.75, 3.05) is 13.1 Å². The molecule has 7 heteroatoms. The lowest BCUT2D eigenvalue weighted by molar-refractivity contribution is -0.143.